The highest BCUT2D eigenvalue weighted by Crippen LogP contribution is 2.13. The van der Waals surface area contributed by atoms with E-state index in [1.54, 1.807) is 11.8 Å². The third-order valence-corrected chi connectivity index (χ3v) is 1.48. The number of hydrogen-bond donors (Lipinski definition) is 0. The van der Waals surface area contributed by atoms with Crippen LogP contribution >= 0.6 is 11.8 Å². The van der Waals surface area contributed by atoms with E-state index >= 15 is 0 Å². The summed E-state index contributed by atoms with van der Waals surface area (Å²) >= 11 is 1.63. The molecule has 0 heterocycles. The maximum Gasteiger partial charge on any atom is 0.0688 e. The summed E-state index contributed by atoms with van der Waals surface area (Å²) in [5.41, 5.74) is 0. The normalized spacial score (nSPS) is 11.7. The van der Waals surface area contributed by atoms with Crippen molar-refractivity contribution < 1.29 is 0 Å². The Morgan fingerprint density at radius 2 is 2.11 bits per heavy atom. The predicted molar refractivity (Wildman–Crippen MR) is 46.1 cm³/mol. The van der Waals surface area contributed by atoms with E-state index in [1.807, 2.05) is 20.8 Å². The summed E-state index contributed by atoms with van der Waals surface area (Å²) in [6.07, 6.45) is 0. The summed E-state index contributed by atoms with van der Waals surface area (Å²) in [6, 6.07) is 0. The zero-order valence-electron chi connectivity index (χ0n) is 6.27. The molecule has 9 heavy (non-hydrogen) atoms. The molecule has 0 radical (unpaired) electrons. The van der Waals surface area contributed by atoms with Gasteiger partial charge in [0.05, 0.1) is 5.04 Å². The van der Waals surface area contributed by atoms with Crippen LogP contribution in [0.15, 0.2) is 16.5 Å². The lowest BCUT2D eigenvalue weighted by Crippen LogP contribution is -1.83. The summed E-state index contributed by atoms with van der Waals surface area (Å²) in [5.74, 6) is 0. The number of allylic oxidation sites excluding steroid dienone is 1. The van der Waals surface area contributed by atoms with Gasteiger partial charge in [-0.3, -0.25) is 4.99 Å². The monoisotopic (exact) mass is 143 g/mol. The fraction of sp³-hybridized carbons (Fsp3) is 0.571. The molecule has 0 unspecified atom stereocenters. The van der Waals surface area contributed by atoms with Crippen LogP contribution in [-0.2, 0) is 0 Å². The smallest absolute Gasteiger partial charge is 0.0688 e. The van der Waals surface area contributed by atoms with E-state index < -0.39 is 0 Å². The first-order valence-electron chi connectivity index (χ1n) is 3.01. The summed E-state index contributed by atoms with van der Waals surface area (Å²) in [6.45, 7) is 10.6. The van der Waals surface area contributed by atoms with Crippen LogP contribution < -0.4 is 0 Å². The Bertz CT molecular complexity index is 127. The second-order valence-electron chi connectivity index (χ2n) is 1.80. The van der Waals surface area contributed by atoms with Crippen LogP contribution in [0.25, 0.3) is 0 Å². The molecule has 0 amide bonds. The van der Waals surface area contributed by atoms with Crippen molar-refractivity contribution in [2.24, 2.45) is 4.99 Å². The van der Waals surface area contributed by atoms with Crippen molar-refractivity contribution in [3.8, 4) is 0 Å². The highest BCUT2D eigenvalue weighted by molar-refractivity contribution is 8.17. The largest absolute Gasteiger partial charge is 0.283 e. The number of hydrogen-bond acceptors (Lipinski definition) is 2. The van der Waals surface area contributed by atoms with Gasteiger partial charge >= 0.3 is 0 Å². The standard InChI is InChI=1S/C7H13NS/c1-5-8-7(4)9-6(2)3/h2,5H2,1,3-4H3. The first-order valence-corrected chi connectivity index (χ1v) is 3.83. The second-order valence-corrected chi connectivity index (χ2v) is 3.29. The van der Waals surface area contributed by atoms with Gasteiger partial charge in [-0.15, -0.1) is 0 Å². The first kappa shape index (κ1) is 8.76. The first-order chi connectivity index (χ1) is 4.16. The van der Waals surface area contributed by atoms with E-state index in [0.29, 0.717) is 0 Å². The topological polar surface area (TPSA) is 12.4 Å². The molecule has 0 aromatic heterocycles. The molecule has 0 saturated carbocycles. The number of aliphatic imine (C=N–C) groups is 1. The Hall–Kier alpha value is -0.240. The molecule has 0 aliphatic rings. The van der Waals surface area contributed by atoms with Gasteiger partial charge < -0.3 is 0 Å². The molecular weight excluding hydrogens is 130 g/mol. The van der Waals surface area contributed by atoms with E-state index in [4.69, 9.17) is 0 Å². The molecule has 0 atom stereocenters. The van der Waals surface area contributed by atoms with Gasteiger partial charge in [-0.25, -0.2) is 0 Å². The van der Waals surface area contributed by atoms with Gasteiger partial charge in [-0.2, -0.15) is 0 Å². The average Bonchev–Trinajstić information content (AvgIpc) is 1.63. The minimum absolute atomic E-state index is 0.867. The van der Waals surface area contributed by atoms with Crippen molar-refractivity contribution >= 4 is 16.8 Å². The van der Waals surface area contributed by atoms with Gasteiger partial charge in [-0.1, -0.05) is 18.3 Å². The molecule has 0 rings (SSSR count). The minimum atomic E-state index is 0.867. The van der Waals surface area contributed by atoms with Gasteiger partial charge in [0.2, 0.25) is 0 Å². The molecule has 0 spiro atoms. The molecular formula is C7H13NS. The summed E-state index contributed by atoms with van der Waals surface area (Å²) in [7, 11) is 0. The fourth-order valence-electron chi connectivity index (χ4n) is 0.507. The van der Waals surface area contributed by atoms with Crippen molar-refractivity contribution in [1.29, 1.82) is 0 Å². The van der Waals surface area contributed by atoms with Gasteiger partial charge in [0, 0.05) is 6.54 Å². The van der Waals surface area contributed by atoms with Crippen molar-refractivity contribution in [2.45, 2.75) is 20.8 Å². The van der Waals surface area contributed by atoms with Gasteiger partial charge in [0.1, 0.15) is 0 Å². The third kappa shape index (κ3) is 5.63. The summed E-state index contributed by atoms with van der Waals surface area (Å²) < 4.78 is 0. The molecule has 0 saturated heterocycles. The molecule has 0 aliphatic heterocycles. The van der Waals surface area contributed by atoms with E-state index in [9.17, 15) is 0 Å². The molecule has 1 nitrogen and oxygen atoms in total. The van der Waals surface area contributed by atoms with Crippen LogP contribution in [0, 0.1) is 0 Å². The van der Waals surface area contributed by atoms with Gasteiger partial charge in [0.15, 0.2) is 0 Å². The molecule has 0 fully saturated rings. The van der Waals surface area contributed by atoms with Crippen LogP contribution in [0.2, 0.25) is 0 Å². The molecule has 0 bridgehead atoms. The quantitative estimate of drug-likeness (QED) is 0.427. The fourth-order valence-corrected chi connectivity index (χ4v) is 1.21. The lowest BCUT2D eigenvalue weighted by atomic mass is 10.7. The molecule has 0 aromatic carbocycles. The minimum Gasteiger partial charge on any atom is -0.283 e. The van der Waals surface area contributed by atoms with Gasteiger partial charge in [-0.05, 0) is 25.7 Å². The van der Waals surface area contributed by atoms with Crippen molar-refractivity contribution in [3.63, 3.8) is 0 Å². The van der Waals surface area contributed by atoms with Crippen LogP contribution in [-0.4, -0.2) is 11.6 Å². The van der Waals surface area contributed by atoms with E-state index in [-0.39, 0.29) is 0 Å². The van der Waals surface area contributed by atoms with E-state index in [0.717, 1.165) is 16.5 Å². The molecule has 0 N–H and O–H groups in total. The maximum atomic E-state index is 4.18. The third-order valence-electron chi connectivity index (χ3n) is 0.703. The maximum absolute atomic E-state index is 4.18. The lowest BCUT2D eigenvalue weighted by molar-refractivity contribution is 1.13. The van der Waals surface area contributed by atoms with Crippen LogP contribution in [0.3, 0.4) is 0 Å². The molecule has 2 heteroatoms. The Morgan fingerprint density at radius 1 is 1.56 bits per heavy atom. The second kappa shape index (κ2) is 4.62. The van der Waals surface area contributed by atoms with Crippen LogP contribution in [0.5, 0.6) is 0 Å². The highest BCUT2D eigenvalue weighted by Gasteiger charge is 1.89. The van der Waals surface area contributed by atoms with Crippen LogP contribution in [0.4, 0.5) is 0 Å². The van der Waals surface area contributed by atoms with Crippen molar-refractivity contribution in [2.75, 3.05) is 6.54 Å². The van der Waals surface area contributed by atoms with E-state index in [1.165, 1.54) is 0 Å². The Labute approximate surface area is 61.3 Å². The zero-order chi connectivity index (χ0) is 7.28. The van der Waals surface area contributed by atoms with Crippen LogP contribution in [0.1, 0.15) is 20.8 Å². The van der Waals surface area contributed by atoms with Crippen molar-refractivity contribution in [1.82, 2.24) is 0 Å². The summed E-state index contributed by atoms with van der Waals surface area (Å²) in [4.78, 5) is 5.29. The average molecular weight is 143 g/mol. The number of nitrogens with zero attached hydrogens (tertiary/aromatic N) is 1. The predicted octanol–water partition coefficient (Wildman–Crippen LogP) is 2.69. The number of thioether (sulfide) groups is 1. The van der Waals surface area contributed by atoms with Gasteiger partial charge in [0.25, 0.3) is 0 Å². The Morgan fingerprint density at radius 3 is 2.44 bits per heavy atom. The summed E-state index contributed by atoms with van der Waals surface area (Å²) in [5, 5.41) is 1.10. The zero-order valence-corrected chi connectivity index (χ0v) is 7.09. The highest BCUT2D eigenvalue weighted by atomic mass is 32.2. The number of rotatable bonds is 2. The van der Waals surface area contributed by atoms with Crippen molar-refractivity contribution in [3.05, 3.63) is 11.5 Å². The van der Waals surface area contributed by atoms with E-state index in [2.05, 4.69) is 11.6 Å². The Kier molecular flexibility index (Phi) is 4.50. The molecule has 52 valence electrons. The SMILES string of the molecule is C=C(C)SC(C)=NCC. The molecule has 0 aliphatic carbocycles. The molecule has 0 aromatic rings. The lowest BCUT2D eigenvalue weighted by Gasteiger charge is -1.95. The Balaban J connectivity index is 3.62.